The molecule has 0 aliphatic carbocycles. The molecule has 4 aromatic rings. The number of hydrogen-bond acceptors (Lipinski definition) is 5. The van der Waals surface area contributed by atoms with E-state index in [0.29, 0.717) is 11.5 Å². The first kappa shape index (κ1) is 32.0. The van der Waals surface area contributed by atoms with E-state index < -0.39 is 0 Å². The molecular formula is C37H45N5O3. The summed E-state index contributed by atoms with van der Waals surface area (Å²) in [7, 11) is 0. The van der Waals surface area contributed by atoms with Gasteiger partial charge in [-0.3, -0.25) is 10.1 Å². The number of Topliss-reactive ketones (excluding diaryl/α,β-unsaturated/α-hetero) is 1. The summed E-state index contributed by atoms with van der Waals surface area (Å²) < 4.78 is 7.82. The van der Waals surface area contributed by atoms with Crippen LogP contribution in [-0.4, -0.2) is 41.3 Å². The molecule has 0 radical (unpaired) electrons. The fraction of sp³-hybridized carbons (Fsp3) is 0.378. The number of aryl methyl sites for hydroxylation is 2. The summed E-state index contributed by atoms with van der Waals surface area (Å²) in [5.74, 6) is 1.20. The third-order valence-electron chi connectivity index (χ3n) is 8.63. The molecule has 1 aliphatic rings. The van der Waals surface area contributed by atoms with Crippen LogP contribution in [0.4, 0.5) is 16.3 Å². The molecule has 0 spiro atoms. The Kier molecular flexibility index (Phi) is 9.73. The van der Waals surface area contributed by atoms with Crippen molar-refractivity contribution in [3.8, 4) is 11.4 Å². The van der Waals surface area contributed by atoms with Gasteiger partial charge in [0.1, 0.15) is 18.2 Å². The third-order valence-corrected chi connectivity index (χ3v) is 8.63. The van der Waals surface area contributed by atoms with Crippen molar-refractivity contribution in [3.63, 3.8) is 0 Å². The molecule has 3 N–H and O–H groups in total. The maximum absolute atomic E-state index is 13.8. The second kappa shape index (κ2) is 13.7. The van der Waals surface area contributed by atoms with Crippen LogP contribution in [0.3, 0.4) is 0 Å². The number of nitrogens with one attached hydrogen (secondary N) is 3. The van der Waals surface area contributed by atoms with Crippen LogP contribution in [0.2, 0.25) is 0 Å². The van der Waals surface area contributed by atoms with Gasteiger partial charge in [0, 0.05) is 23.1 Å². The minimum Gasteiger partial charge on any atom is -0.486 e. The topological polar surface area (TPSA) is 97.3 Å². The summed E-state index contributed by atoms with van der Waals surface area (Å²) in [5, 5.41) is 14.2. The predicted octanol–water partition coefficient (Wildman–Crippen LogP) is 7.47. The van der Waals surface area contributed by atoms with Crippen LogP contribution in [0.15, 0.2) is 72.8 Å². The van der Waals surface area contributed by atoms with Gasteiger partial charge in [-0.05, 0) is 99.6 Å². The van der Waals surface area contributed by atoms with E-state index in [0.717, 1.165) is 65.3 Å². The predicted molar refractivity (Wildman–Crippen MR) is 181 cm³/mol. The van der Waals surface area contributed by atoms with Gasteiger partial charge in [-0.2, -0.15) is 5.10 Å². The van der Waals surface area contributed by atoms with Crippen LogP contribution in [0.5, 0.6) is 5.75 Å². The molecule has 0 saturated carbocycles. The smallest absolute Gasteiger partial charge is 0.324 e. The normalized spacial score (nSPS) is 14.5. The number of ketones is 1. The van der Waals surface area contributed by atoms with Crippen molar-refractivity contribution in [1.29, 1.82) is 0 Å². The molecule has 1 saturated heterocycles. The summed E-state index contributed by atoms with van der Waals surface area (Å²) in [4.78, 5) is 27.2. The number of amides is 2. The Morgan fingerprint density at radius 3 is 2.38 bits per heavy atom. The second-order valence-electron chi connectivity index (χ2n) is 13.1. The number of carbonyl (C=O) groups is 2. The number of urea groups is 1. The fourth-order valence-corrected chi connectivity index (χ4v) is 5.83. The Morgan fingerprint density at radius 1 is 0.956 bits per heavy atom. The average Bonchev–Trinajstić information content (AvgIpc) is 3.43. The summed E-state index contributed by atoms with van der Waals surface area (Å²) in [6.07, 6.45) is 1.80. The minimum atomic E-state index is -0.385. The van der Waals surface area contributed by atoms with Crippen LogP contribution in [-0.2, 0) is 10.2 Å². The SMILES string of the molecule is Cc1ccc(-n2nc(C(C)(C)C)cc2NC(=O)Nc2cccc(C(C(=O)COc3cccc(C)c3C)C3CCNCC3)c2)cc1. The molecule has 8 heteroatoms. The Morgan fingerprint density at radius 2 is 1.67 bits per heavy atom. The van der Waals surface area contributed by atoms with Gasteiger partial charge in [-0.25, -0.2) is 9.48 Å². The highest BCUT2D eigenvalue weighted by Crippen LogP contribution is 2.34. The van der Waals surface area contributed by atoms with Gasteiger partial charge in [-0.15, -0.1) is 0 Å². The quantitative estimate of drug-likeness (QED) is 0.183. The van der Waals surface area contributed by atoms with E-state index in [2.05, 4.69) is 36.7 Å². The van der Waals surface area contributed by atoms with Crippen LogP contribution >= 0.6 is 0 Å². The van der Waals surface area contributed by atoms with Crippen LogP contribution in [0.25, 0.3) is 5.69 Å². The standard InChI is InChI=1S/C37H45N5O3/c1-24-13-15-30(16-14-24)42-34(22-33(41-42)37(4,5)6)40-36(44)39-29-11-8-10-28(21-29)35(27-17-19-38-20-18-27)31(43)23-45-32-12-7-9-25(2)26(32)3/h7-16,21-22,27,35,38H,17-20,23H2,1-6H3,(H2,39,40,44). The van der Waals surface area contributed by atoms with Crippen molar-refractivity contribution in [2.24, 2.45) is 5.92 Å². The Labute approximate surface area is 266 Å². The summed E-state index contributed by atoms with van der Waals surface area (Å²) in [6, 6.07) is 23.1. The molecule has 236 valence electrons. The fourth-order valence-electron chi connectivity index (χ4n) is 5.83. The van der Waals surface area contributed by atoms with E-state index in [-0.39, 0.29) is 35.7 Å². The van der Waals surface area contributed by atoms with Crippen molar-refractivity contribution >= 4 is 23.3 Å². The molecule has 8 nitrogen and oxygen atoms in total. The maximum Gasteiger partial charge on any atom is 0.324 e. The molecule has 1 aromatic heterocycles. The summed E-state index contributed by atoms with van der Waals surface area (Å²) in [6.45, 7) is 14.1. The van der Waals surface area contributed by atoms with Gasteiger partial charge in [0.15, 0.2) is 5.78 Å². The second-order valence-corrected chi connectivity index (χ2v) is 13.1. The van der Waals surface area contributed by atoms with Crippen LogP contribution < -0.4 is 20.7 Å². The van der Waals surface area contributed by atoms with Crippen molar-refractivity contribution in [2.75, 3.05) is 30.3 Å². The first-order valence-corrected chi connectivity index (χ1v) is 15.8. The molecule has 45 heavy (non-hydrogen) atoms. The zero-order valence-electron chi connectivity index (χ0n) is 27.2. The molecule has 2 heterocycles. The first-order valence-electron chi connectivity index (χ1n) is 15.8. The van der Waals surface area contributed by atoms with Crippen LogP contribution in [0, 0.1) is 26.7 Å². The number of nitrogens with zero attached hydrogens (tertiary/aromatic N) is 2. The lowest BCUT2D eigenvalue weighted by Gasteiger charge is -2.30. The summed E-state index contributed by atoms with van der Waals surface area (Å²) in [5.41, 5.74) is 6.34. The molecule has 2 amide bonds. The van der Waals surface area contributed by atoms with E-state index in [9.17, 15) is 9.59 Å². The molecule has 5 rings (SSSR count). The van der Waals surface area contributed by atoms with E-state index in [1.165, 1.54) is 0 Å². The Bertz CT molecular complexity index is 1650. The van der Waals surface area contributed by atoms with Crippen molar-refractivity contribution in [3.05, 3.63) is 101 Å². The molecule has 3 aromatic carbocycles. The highest BCUT2D eigenvalue weighted by Gasteiger charge is 2.31. The lowest BCUT2D eigenvalue weighted by molar-refractivity contribution is -0.124. The number of anilines is 2. The maximum atomic E-state index is 13.8. The zero-order valence-corrected chi connectivity index (χ0v) is 27.2. The summed E-state index contributed by atoms with van der Waals surface area (Å²) >= 11 is 0. The zero-order chi connectivity index (χ0) is 32.1. The molecule has 1 atom stereocenters. The molecular weight excluding hydrogens is 562 g/mol. The number of aromatic nitrogens is 2. The van der Waals surface area contributed by atoms with Gasteiger partial charge in [0.05, 0.1) is 11.4 Å². The Hall–Kier alpha value is -4.43. The largest absolute Gasteiger partial charge is 0.486 e. The number of piperidine rings is 1. The van der Waals surface area contributed by atoms with E-state index >= 15 is 0 Å². The molecule has 0 bridgehead atoms. The van der Waals surface area contributed by atoms with Gasteiger partial charge < -0.3 is 15.4 Å². The van der Waals surface area contributed by atoms with E-state index in [1.807, 2.05) is 93.6 Å². The number of rotatable bonds is 9. The monoisotopic (exact) mass is 607 g/mol. The average molecular weight is 608 g/mol. The van der Waals surface area contributed by atoms with Crippen LogP contribution in [0.1, 0.15) is 67.5 Å². The van der Waals surface area contributed by atoms with Gasteiger partial charge in [-0.1, -0.05) is 62.7 Å². The minimum absolute atomic E-state index is 0.00383. The number of hydrogen-bond donors (Lipinski definition) is 3. The van der Waals surface area contributed by atoms with Crippen molar-refractivity contribution < 1.29 is 14.3 Å². The molecule has 1 fully saturated rings. The highest BCUT2D eigenvalue weighted by molar-refractivity contribution is 5.99. The van der Waals surface area contributed by atoms with Gasteiger partial charge >= 0.3 is 6.03 Å². The van der Waals surface area contributed by atoms with E-state index in [1.54, 1.807) is 4.68 Å². The van der Waals surface area contributed by atoms with Crippen molar-refractivity contribution in [2.45, 2.75) is 65.7 Å². The Balaban J connectivity index is 1.35. The lowest BCUT2D eigenvalue weighted by Crippen LogP contribution is -2.35. The van der Waals surface area contributed by atoms with Crippen molar-refractivity contribution in [1.82, 2.24) is 15.1 Å². The number of carbonyl (C=O) groups excluding carboxylic acids is 2. The number of ether oxygens (including phenoxy) is 1. The molecule has 1 unspecified atom stereocenters. The van der Waals surface area contributed by atoms with Gasteiger partial charge in [0.25, 0.3) is 0 Å². The molecule has 1 aliphatic heterocycles. The van der Waals surface area contributed by atoms with E-state index in [4.69, 9.17) is 9.84 Å². The number of benzene rings is 3. The third kappa shape index (κ3) is 7.81. The first-order chi connectivity index (χ1) is 21.5. The highest BCUT2D eigenvalue weighted by atomic mass is 16.5. The lowest BCUT2D eigenvalue weighted by atomic mass is 9.78. The van der Waals surface area contributed by atoms with Gasteiger partial charge in [0.2, 0.25) is 0 Å².